The minimum absolute atomic E-state index is 0. The molecule has 0 atom stereocenters. The van der Waals surface area contributed by atoms with E-state index >= 15 is 0 Å². The van der Waals surface area contributed by atoms with Gasteiger partial charge in [0.15, 0.2) is 5.96 Å². The molecule has 0 saturated carbocycles. The predicted octanol–water partition coefficient (Wildman–Crippen LogP) is 3.45. The van der Waals surface area contributed by atoms with Crippen molar-refractivity contribution in [2.75, 3.05) is 26.8 Å². The van der Waals surface area contributed by atoms with E-state index in [-0.39, 0.29) is 24.0 Å². The minimum Gasteiger partial charge on any atom is -0.497 e. The molecule has 2 aromatic rings. The van der Waals surface area contributed by atoms with Crippen molar-refractivity contribution in [2.45, 2.75) is 13.5 Å². The highest BCUT2D eigenvalue weighted by atomic mass is 127. The van der Waals surface area contributed by atoms with Crippen molar-refractivity contribution < 1.29 is 9.47 Å². The number of guanidine groups is 1. The maximum absolute atomic E-state index is 5.71. The van der Waals surface area contributed by atoms with E-state index < -0.39 is 0 Å². The monoisotopic (exact) mass is 455 g/mol. The van der Waals surface area contributed by atoms with Crippen LogP contribution in [0.2, 0.25) is 0 Å². The topological polar surface area (TPSA) is 54.9 Å². The highest BCUT2D eigenvalue weighted by Gasteiger charge is 1.99. The summed E-state index contributed by atoms with van der Waals surface area (Å²) in [7, 11) is 1.65. The van der Waals surface area contributed by atoms with Crippen LogP contribution in [0.25, 0.3) is 0 Å². The zero-order valence-electron chi connectivity index (χ0n) is 14.7. The Morgan fingerprint density at radius 1 is 1.00 bits per heavy atom. The van der Waals surface area contributed by atoms with Gasteiger partial charge in [0.2, 0.25) is 0 Å². The van der Waals surface area contributed by atoms with Crippen molar-refractivity contribution in [2.24, 2.45) is 4.99 Å². The van der Waals surface area contributed by atoms with Gasteiger partial charge in [-0.2, -0.15) is 0 Å². The third-order valence-electron chi connectivity index (χ3n) is 3.31. The van der Waals surface area contributed by atoms with Gasteiger partial charge in [0.25, 0.3) is 0 Å². The van der Waals surface area contributed by atoms with Gasteiger partial charge in [0.1, 0.15) is 18.1 Å². The van der Waals surface area contributed by atoms with Crippen molar-refractivity contribution in [3.8, 4) is 11.5 Å². The van der Waals surface area contributed by atoms with E-state index in [0.717, 1.165) is 24.0 Å². The molecule has 0 aliphatic heterocycles. The molecule has 25 heavy (non-hydrogen) atoms. The molecular weight excluding hydrogens is 429 g/mol. The van der Waals surface area contributed by atoms with Gasteiger partial charge in [0.05, 0.1) is 20.2 Å². The van der Waals surface area contributed by atoms with Crippen molar-refractivity contribution in [1.82, 2.24) is 10.6 Å². The normalized spacial score (nSPS) is 10.6. The van der Waals surface area contributed by atoms with Crippen LogP contribution in [-0.2, 0) is 6.54 Å². The van der Waals surface area contributed by atoms with Crippen LogP contribution in [0.4, 0.5) is 0 Å². The molecule has 0 aliphatic carbocycles. The second kappa shape index (κ2) is 12.4. The van der Waals surface area contributed by atoms with Gasteiger partial charge in [0, 0.05) is 12.6 Å². The van der Waals surface area contributed by atoms with E-state index in [1.54, 1.807) is 7.11 Å². The molecule has 0 aromatic heterocycles. The summed E-state index contributed by atoms with van der Waals surface area (Å²) in [5.74, 6) is 2.37. The molecule has 5 nitrogen and oxygen atoms in total. The van der Waals surface area contributed by atoms with Crippen LogP contribution in [0.1, 0.15) is 12.5 Å². The molecule has 2 N–H and O–H groups in total. The number of nitrogens with zero attached hydrogens (tertiary/aromatic N) is 1. The number of aliphatic imine (C=N–C) groups is 1. The quantitative estimate of drug-likeness (QED) is 0.277. The number of ether oxygens (including phenoxy) is 2. The Labute approximate surface area is 166 Å². The van der Waals surface area contributed by atoms with Crippen LogP contribution in [0, 0.1) is 0 Å². The average molecular weight is 455 g/mol. The number of hydrogen-bond donors (Lipinski definition) is 2. The molecule has 0 saturated heterocycles. The fraction of sp³-hybridized carbons (Fsp3) is 0.316. The second-order valence-electron chi connectivity index (χ2n) is 5.13. The van der Waals surface area contributed by atoms with Crippen molar-refractivity contribution >= 4 is 29.9 Å². The van der Waals surface area contributed by atoms with Crippen molar-refractivity contribution in [1.29, 1.82) is 0 Å². The Hall–Kier alpha value is -1.96. The number of rotatable bonds is 8. The number of halogens is 1. The molecule has 0 spiro atoms. The second-order valence-corrected chi connectivity index (χ2v) is 5.13. The first-order valence-electron chi connectivity index (χ1n) is 8.14. The lowest BCUT2D eigenvalue weighted by molar-refractivity contribution is 0.319. The third kappa shape index (κ3) is 8.11. The molecule has 0 amide bonds. The summed E-state index contributed by atoms with van der Waals surface area (Å²) in [6.07, 6.45) is 0. The first-order chi connectivity index (χ1) is 11.8. The number of hydrogen-bond acceptors (Lipinski definition) is 3. The zero-order valence-corrected chi connectivity index (χ0v) is 17.0. The van der Waals surface area contributed by atoms with Crippen molar-refractivity contribution in [3.05, 3.63) is 60.2 Å². The first kappa shape index (κ1) is 21.1. The fourth-order valence-corrected chi connectivity index (χ4v) is 2.12. The standard InChI is InChI=1S/C19H25N3O2.HI/c1-3-20-19(22-15-16-8-5-4-6-9-16)21-12-13-24-18-11-7-10-17(14-18)23-2;/h4-11,14H,3,12-13,15H2,1-2H3,(H2,20,21,22);1H. The summed E-state index contributed by atoms with van der Waals surface area (Å²) in [6.45, 7) is 4.72. The molecule has 6 heteroatoms. The molecule has 0 fully saturated rings. The van der Waals surface area contributed by atoms with E-state index in [1.807, 2.05) is 49.4 Å². The number of methoxy groups -OCH3 is 1. The van der Waals surface area contributed by atoms with Gasteiger partial charge < -0.3 is 20.1 Å². The molecule has 136 valence electrons. The summed E-state index contributed by atoms with van der Waals surface area (Å²) in [5.41, 5.74) is 1.18. The predicted molar refractivity (Wildman–Crippen MR) is 113 cm³/mol. The maximum atomic E-state index is 5.71. The van der Waals surface area contributed by atoms with Gasteiger partial charge in [-0.15, -0.1) is 24.0 Å². The van der Waals surface area contributed by atoms with Crippen LogP contribution in [0.5, 0.6) is 11.5 Å². The van der Waals surface area contributed by atoms with Crippen LogP contribution >= 0.6 is 24.0 Å². The van der Waals surface area contributed by atoms with Gasteiger partial charge in [-0.25, -0.2) is 4.99 Å². The Bertz CT molecular complexity index is 636. The van der Waals surface area contributed by atoms with Crippen LogP contribution < -0.4 is 20.1 Å². The number of nitrogens with one attached hydrogen (secondary N) is 2. The number of benzene rings is 2. The third-order valence-corrected chi connectivity index (χ3v) is 3.31. The van der Waals surface area contributed by atoms with Gasteiger partial charge in [-0.3, -0.25) is 0 Å². The molecule has 2 aromatic carbocycles. The summed E-state index contributed by atoms with van der Waals surface area (Å²) in [4.78, 5) is 4.57. The summed E-state index contributed by atoms with van der Waals surface area (Å²) in [6, 6.07) is 17.8. The van der Waals surface area contributed by atoms with Gasteiger partial charge in [-0.05, 0) is 24.6 Å². The van der Waals surface area contributed by atoms with Gasteiger partial charge in [-0.1, -0.05) is 36.4 Å². The first-order valence-corrected chi connectivity index (χ1v) is 8.14. The van der Waals surface area contributed by atoms with Crippen LogP contribution in [0.15, 0.2) is 59.6 Å². The molecule has 0 radical (unpaired) electrons. The Kier molecular flexibility index (Phi) is 10.5. The molecular formula is C19H26IN3O2. The summed E-state index contributed by atoms with van der Waals surface area (Å²) < 4.78 is 10.9. The van der Waals surface area contributed by atoms with Crippen LogP contribution in [0.3, 0.4) is 0 Å². The molecule has 0 unspecified atom stereocenters. The van der Waals surface area contributed by atoms with E-state index in [2.05, 4.69) is 27.8 Å². The molecule has 0 bridgehead atoms. The lowest BCUT2D eigenvalue weighted by Gasteiger charge is -2.12. The minimum atomic E-state index is 0. The molecule has 0 heterocycles. The molecule has 0 aliphatic rings. The summed E-state index contributed by atoms with van der Waals surface area (Å²) >= 11 is 0. The summed E-state index contributed by atoms with van der Waals surface area (Å²) in [5, 5.41) is 6.51. The van der Waals surface area contributed by atoms with Crippen LogP contribution in [-0.4, -0.2) is 32.8 Å². The average Bonchev–Trinajstić information content (AvgIpc) is 2.64. The highest BCUT2D eigenvalue weighted by Crippen LogP contribution is 2.18. The van der Waals surface area contributed by atoms with Crippen molar-refractivity contribution in [3.63, 3.8) is 0 Å². The molecule has 2 rings (SSSR count). The lowest BCUT2D eigenvalue weighted by Crippen LogP contribution is -2.39. The van der Waals surface area contributed by atoms with E-state index in [1.165, 1.54) is 5.56 Å². The fourth-order valence-electron chi connectivity index (χ4n) is 2.12. The van der Waals surface area contributed by atoms with E-state index in [4.69, 9.17) is 9.47 Å². The van der Waals surface area contributed by atoms with E-state index in [9.17, 15) is 0 Å². The largest absolute Gasteiger partial charge is 0.497 e. The Balaban J connectivity index is 0.00000312. The Morgan fingerprint density at radius 3 is 2.48 bits per heavy atom. The maximum Gasteiger partial charge on any atom is 0.191 e. The Morgan fingerprint density at radius 2 is 1.76 bits per heavy atom. The van der Waals surface area contributed by atoms with E-state index in [0.29, 0.717) is 19.7 Å². The smallest absolute Gasteiger partial charge is 0.191 e. The lowest BCUT2D eigenvalue weighted by atomic mass is 10.2. The SMILES string of the molecule is CCNC(=NCc1ccccc1)NCCOc1cccc(OC)c1.I. The van der Waals surface area contributed by atoms with Gasteiger partial charge >= 0.3 is 0 Å². The highest BCUT2D eigenvalue weighted by molar-refractivity contribution is 14.0. The zero-order chi connectivity index (χ0) is 17.0.